The minimum atomic E-state index is -0.858. The number of hydrogen-bond acceptors (Lipinski definition) is 3. The molecule has 0 aliphatic heterocycles. The van der Waals surface area contributed by atoms with Crippen molar-refractivity contribution in [1.29, 1.82) is 0 Å². The van der Waals surface area contributed by atoms with Crippen LogP contribution in [0.1, 0.15) is 44.0 Å². The first-order valence-corrected chi connectivity index (χ1v) is 6.57. The van der Waals surface area contributed by atoms with Gasteiger partial charge in [0.2, 0.25) is 0 Å². The number of carboxylic acid groups (broad SMARTS) is 1. The smallest absolute Gasteiger partial charge is 0.303 e. The standard InChI is InChI=1S/C15H21NO4/c1-15(2,3)20-12-8-6-11(7-9-12)14(19)16-10-4-5-13(17)18/h6-9H,4-5,10H2,1-3H3,(H,16,19)(H,17,18). The molecule has 0 saturated heterocycles. The van der Waals surface area contributed by atoms with Crippen LogP contribution in [0.25, 0.3) is 0 Å². The average Bonchev–Trinajstić information content (AvgIpc) is 2.33. The van der Waals surface area contributed by atoms with Crippen molar-refractivity contribution in [2.75, 3.05) is 6.54 Å². The normalized spacial score (nSPS) is 10.9. The highest BCUT2D eigenvalue weighted by Crippen LogP contribution is 2.18. The summed E-state index contributed by atoms with van der Waals surface area (Å²) in [5, 5.41) is 11.2. The lowest BCUT2D eigenvalue weighted by molar-refractivity contribution is -0.137. The third-order valence-electron chi connectivity index (χ3n) is 2.39. The largest absolute Gasteiger partial charge is 0.488 e. The van der Waals surface area contributed by atoms with Gasteiger partial charge in [0.05, 0.1) is 0 Å². The van der Waals surface area contributed by atoms with Crippen molar-refractivity contribution in [3.63, 3.8) is 0 Å². The first kappa shape index (κ1) is 16.0. The Labute approximate surface area is 118 Å². The second-order valence-corrected chi connectivity index (χ2v) is 5.49. The third-order valence-corrected chi connectivity index (χ3v) is 2.39. The highest BCUT2D eigenvalue weighted by Gasteiger charge is 2.12. The van der Waals surface area contributed by atoms with Gasteiger partial charge in [0.1, 0.15) is 11.4 Å². The molecule has 0 heterocycles. The summed E-state index contributed by atoms with van der Waals surface area (Å²) in [6.45, 7) is 6.22. The van der Waals surface area contributed by atoms with Crippen LogP contribution in [0.5, 0.6) is 5.75 Å². The molecule has 0 bridgehead atoms. The van der Waals surface area contributed by atoms with Gasteiger partial charge in [0.15, 0.2) is 0 Å². The van der Waals surface area contributed by atoms with Crippen LogP contribution >= 0.6 is 0 Å². The molecule has 1 aromatic rings. The van der Waals surface area contributed by atoms with E-state index < -0.39 is 5.97 Å². The zero-order chi connectivity index (χ0) is 15.2. The Morgan fingerprint density at radius 1 is 1.20 bits per heavy atom. The zero-order valence-corrected chi connectivity index (χ0v) is 12.1. The summed E-state index contributed by atoms with van der Waals surface area (Å²) in [4.78, 5) is 22.1. The van der Waals surface area contributed by atoms with Crippen LogP contribution in [-0.4, -0.2) is 29.1 Å². The number of aliphatic carboxylic acids is 1. The first-order valence-electron chi connectivity index (χ1n) is 6.57. The van der Waals surface area contributed by atoms with Crippen molar-refractivity contribution in [3.05, 3.63) is 29.8 Å². The van der Waals surface area contributed by atoms with Crippen molar-refractivity contribution in [2.45, 2.75) is 39.2 Å². The molecule has 2 N–H and O–H groups in total. The summed E-state index contributed by atoms with van der Waals surface area (Å²) >= 11 is 0. The fourth-order valence-electron chi connectivity index (χ4n) is 1.57. The number of carbonyl (C=O) groups is 2. The number of hydrogen-bond donors (Lipinski definition) is 2. The summed E-state index contributed by atoms with van der Waals surface area (Å²) in [5.74, 6) is -0.361. The van der Waals surface area contributed by atoms with Gasteiger partial charge in [-0.2, -0.15) is 0 Å². The number of nitrogens with one attached hydrogen (secondary N) is 1. The van der Waals surface area contributed by atoms with Gasteiger partial charge in [-0.25, -0.2) is 0 Å². The van der Waals surface area contributed by atoms with Crippen LogP contribution in [0.2, 0.25) is 0 Å². The molecule has 5 nitrogen and oxygen atoms in total. The van der Waals surface area contributed by atoms with Gasteiger partial charge in [-0.15, -0.1) is 0 Å². The van der Waals surface area contributed by atoms with Crippen molar-refractivity contribution >= 4 is 11.9 Å². The van der Waals surface area contributed by atoms with E-state index in [0.29, 0.717) is 24.3 Å². The second kappa shape index (κ2) is 6.93. The maximum Gasteiger partial charge on any atom is 0.303 e. The summed E-state index contributed by atoms with van der Waals surface area (Å²) in [7, 11) is 0. The molecule has 110 valence electrons. The fourth-order valence-corrected chi connectivity index (χ4v) is 1.57. The Hall–Kier alpha value is -2.04. The average molecular weight is 279 g/mol. The number of benzene rings is 1. The maximum atomic E-state index is 11.8. The number of carboxylic acids is 1. The Bertz CT molecular complexity index is 460. The lowest BCUT2D eigenvalue weighted by Crippen LogP contribution is -2.25. The van der Waals surface area contributed by atoms with Crippen molar-refractivity contribution in [3.8, 4) is 5.75 Å². The van der Waals surface area contributed by atoms with Crippen LogP contribution in [0.3, 0.4) is 0 Å². The predicted octanol–water partition coefficient (Wildman–Crippen LogP) is 2.46. The number of carbonyl (C=O) groups excluding carboxylic acids is 1. The molecule has 20 heavy (non-hydrogen) atoms. The summed E-state index contributed by atoms with van der Waals surface area (Å²) in [6.07, 6.45) is 0.477. The summed E-state index contributed by atoms with van der Waals surface area (Å²) < 4.78 is 5.66. The van der Waals surface area contributed by atoms with Gasteiger partial charge >= 0.3 is 5.97 Å². The maximum absolute atomic E-state index is 11.8. The monoisotopic (exact) mass is 279 g/mol. The van der Waals surface area contributed by atoms with Gasteiger partial charge in [-0.3, -0.25) is 9.59 Å². The Kier molecular flexibility index (Phi) is 5.55. The van der Waals surface area contributed by atoms with E-state index in [2.05, 4.69) is 5.32 Å². The SMILES string of the molecule is CC(C)(C)Oc1ccc(C(=O)NCCCC(=O)O)cc1. The molecule has 0 spiro atoms. The molecule has 0 fully saturated rings. The number of ether oxygens (including phenoxy) is 1. The minimum absolute atomic E-state index is 0.0542. The summed E-state index contributed by atoms with van der Waals surface area (Å²) in [5.41, 5.74) is 0.252. The molecule has 0 aliphatic rings. The van der Waals surface area contributed by atoms with Crippen LogP contribution in [0.15, 0.2) is 24.3 Å². The lowest BCUT2D eigenvalue weighted by Gasteiger charge is -2.21. The molecule has 5 heteroatoms. The van der Waals surface area contributed by atoms with Crippen molar-refractivity contribution < 1.29 is 19.4 Å². The molecular formula is C15H21NO4. The predicted molar refractivity (Wildman–Crippen MR) is 76.0 cm³/mol. The highest BCUT2D eigenvalue weighted by molar-refractivity contribution is 5.94. The highest BCUT2D eigenvalue weighted by atomic mass is 16.5. The molecule has 1 aromatic carbocycles. The van der Waals surface area contributed by atoms with E-state index in [1.165, 1.54) is 0 Å². The topological polar surface area (TPSA) is 75.6 Å². The van der Waals surface area contributed by atoms with E-state index >= 15 is 0 Å². The molecule has 0 atom stereocenters. The van der Waals surface area contributed by atoms with Gasteiger partial charge in [0.25, 0.3) is 5.91 Å². The molecule has 0 aromatic heterocycles. The molecule has 0 aliphatic carbocycles. The molecule has 0 unspecified atom stereocenters. The van der Waals surface area contributed by atoms with Gasteiger partial charge < -0.3 is 15.2 Å². The molecule has 0 saturated carbocycles. The van der Waals surface area contributed by atoms with E-state index in [-0.39, 0.29) is 17.9 Å². The van der Waals surface area contributed by atoms with Gasteiger partial charge in [-0.05, 0) is 51.5 Å². The quantitative estimate of drug-likeness (QED) is 0.784. The van der Waals surface area contributed by atoms with Crippen LogP contribution < -0.4 is 10.1 Å². The Balaban J connectivity index is 2.47. The van der Waals surface area contributed by atoms with E-state index in [0.717, 1.165) is 0 Å². The van der Waals surface area contributed by atoms with Crippen molar-refractivity contribution in [1.82, 2.24) is 5.32 Å². The number of amides is 1. The molecular weight excluding hydrogens is 258 g/mol. The van der Waals surface area contributed by atoms with Gasteiger partial charge in [-0.1, -0.05) is 0 Å². The third kappa shape index (κ3) is 6.22. The molecule has 1 amide bonds. The Morgan fingerprint density at radius 2 is 1.80 bits per heavy atom. The lowest BCUT2D eigenvalue weighted by atomic mass is 10.1. The van der Waals surface area contributed by atoms with Crippen LogP contribution in [0.4, 0.5) is 0 Å². The Morgan fingerprint density at radius 3 is 2.30 bits per heavy atom. The van der Waals surface area contributed by atoms with E-state index in [1.54, 1.807) is 24.3 Å². The first-order chi connectivity index (χ1) is 9.28. The molecule has 0 radical (unpaired) electrons. The second-order valence-electron chi connectivity index (χ2n) is 5.49. The summed E-state index contributed by atoms with van der Waals surface area (Å²) in [6, 6.07) is 6.87. The van der Waals surface area contributed by atoms with E-state index in [9.17, 15) is 9.59 Å². The van der Waals surface area contributed by atoms with E-state index in [1.807, 2.05) is 20.8 Å². The zero-order valence-electron chi connectivity index (χ0n) is 12.1. The fraction of sp³-hybridized carbons (Fsp3) is 0.467. The number of rotatable bonds is 6. The van der Waals surface area contributed by atoms with Crippen LogP contribution in [-0.2, 0) is 4.79 Å². The molecule has 1 rings (SSSR count). The van der Waals surface area contributed by atoms with Gasteiger partial charge in [0, 0.05) is 18.5 Å². The van der Waals surface area contributed by atoms with E-state index in [4.69, 9.17) is 9.84 Å². The minimum Gasteiger partial charge on any atom is -0.488 e. The van der Waals surface area contributed by atoms with Crippen LogP contribution in [0, 0.1) is 0 Å². The van der Waals surface area contributed by atoms with Crippen molar-refractivity contribution in [2.24, 2.45) is 0 Å².